The number of anilines is 1. The summed E-state index contributed by atoms with van der Waals surface area (Å²) >= 11 is 0. The fraction of sp³-hybridized carbons (Fsp3) is 0.318. The summed E-state index contributed by atoms with van der Waals surface area (Å²) in [6, 6.07) is 10.6. The third kappa shape index (κ3) is 4.08. The summed E-state index contributed by atoms with van der Waals surface area (Å²) in [6.07, 6.45) is 1.34. The Morgan fingerprint density at radius 3 is 2.48 bits per heavy atom. The minimum Gasteiger partial charge on any atom is -0.454 e. The molecule has 0 aliphatic carbocycles. The number of ketones is 1. The Labute approximate surface area is 158 Å². The molecule has 0 N–H and O–H groups in total. The van der Waals surface area contributed by atoms with Crippen LogP contribution in [0.5, 0.6) is 0 Å². The molecule has 1 amide bonds. The van der Waals surface area contributed by atoms with E-state index in [-0.39, 0.29) is 18.3 Å². The van der Waals surface area contributed by atoms with Crippen LogP contribution in [-0.2, 0) is 9.53 Å². The number of nitrogens with zero attached hydrogens (tertiary/aromatic N) is 1. The van der Waals surface area contributed by atoms with Crippen LogP contribution in [0, 0.1) is 20.8 Å². The van der Waals surface area contributed by atoms with E-state index in [0.29, 0.717) is 29.8 Å². The molecule has 3 rings (SSSR count). The van der Waals surface area contributed by atoms with E-state index in [1.54, 1.807) is 29.2 Å². The largest absolute Gasteiger partial charge is 0.454 e. The molecule has 2 aromatic rings. The van der Waals surface area contributed by atoms with Gasteiger partial charge in [0.05, 0.1) is 5.56 Å². The molecule has 140 valence electrons. The Hall–Kier alpha value is -2.95. The van der Waals surface area contributed by atoms with Crippen molar-refractivity contribution in [3.63, 3.8) is 0 Å². The molecule has 27 heavy (non-hydrogen) atoms. The second-order valence-corrected chi connectivity index (χ2v) is 6.95. The summed E-state index contributed by atoms with van der Waals surface area (Å²) in [5.41, 5.74) is 4.60. The molecule has 1 aliphatic rings. The van der Waals surface area contributed by atoms with Gasteiger partial charge in [0.2, 0.25) is 11.7 Å². The van der Waals surface area contributed by atoms with Gasteiger partial charge in [-0.15, -0.1) is 0 Å². The monoisotopic (exact) mass is 365 g/mol. The van der Waals surface area contributed by atoms with E-state index in [1.807, 2.05) is 32.9 Å². The topological polar surface area (TPSA) is 63.7 Å². The van der Waals surface area contributed by atoms with Crippen LogP contribution in [0.1, 0.15) is 50.2 Å². The fourth-order valence-corrected chi connectivity index (χ4v) is 3.28. The molecule has 0 atom stereocenters. The van der Waals surface area contributed by atoms with E-state index in [0.717, 1.165) is 23.1 Å². The summed E-state index contributed by atoms with van der Waals surface area (Å²) in [5.74, 6) is -0.742. The lowest BCUT2D eigenvalue weighted by atomic mass is 9.98. The molecule has 5 heteroatoms. The average molecular weight is 365 g/mol. The second-order valence-electron chi connectivity index (χ2n) is 6.95. The van der Waals surface area contributed by atoms with Gasteiger partial charge in [0.25, 0.3) is 0 Å². The van der Waals surface area contributed by atoms with Gasteiger partial charge in [-0.05, 0) is 68.1 Å². The number of aryl methyl sites for hydroxylation is 3. The molecule has 1 fully saturated rings. The molecule has 1 heterocycles. The number of carbonyl (C=O) groups excluding carboxylic acids is 3. The number of benzene rings is 2. The van der Waals surface area contributed by atoms with Crippen molar-refractivity contribution in [2.24, 2.45) is 0 Å². The lowest BCUT2D eigenvalue weighted by Gasteiger charge is -2.16. The van der Waals surface area contributed by atoms with Gasteiger partial charge >= 0.3 is 5.97 Å². The first-order chi connectivity index (χ1) is 12.9. The Bertz CT molecular complexity index is 917. The maximum absolute atomic E-state index is 12.5. The highest BCUT2D eigenvalue weighted by atomic mass is 16.5. The normalized spacial score (nSPS) is 13.7. The number of ether oxygens (including phenoxy) is 1. The quantitative estimate of drug-likeness (QED) is 0.597. The molecule has 5 nitrogen and oxygen atoms in total. The SMILES string of the molecule is Cc1cc(C)c(C(=O)COC(=O)c2cccc(N3CCCC3=O)c2)cc1C. The molecule has 1 saturated heterocycles. The number of Topliss-reactive ketones (excluding diaryl/α,β-unsaturated/α-hetero) is 1. The number of hydrogen-bond donors (Lipinski definition) is 0. The predicted octanol–water partition coefficient (Wildman–Crippen LogP) is 3.78. The van der Waals surface area contributed by atoms with Crippen LogP contribution in [0.2, 0.25) is 0 Å². The van der Waals surface area contributed by atoms with Crippen molar-refractivity contribution in [1.29, 1.82) is 0 Å². The van der Waals surface area contributed by atoms with E-state index in [4.69, 9.17) is 4.74 Å². The molecule has 0 spiro atoms. The van der Waals surface area contributed by atoms with Gasteiger partial charge in [-0.1, -0.05) is 12.1 Å². The first kappa shape index (κ1) is 18.8. The van der Waals surface area contributed by atoms with E-state index in [1.165, 1.54) is 0 Å². The Balaban J connectivity index is 1.68. The van der Waals surface area contributed by atoms with Gasteiger partial charge in [0.1, 0.15) is 0 Å². The lowest BCUT2D eigenvalue weighted by molar-refractivity contribution is -0.117. The molecule has 0 unspecified atom stereocenters. The van der Waals surface area contributed by atoms with Gasteiger partial charge in [0, 0.05) is 24.2 Å². The molecular weight excluding hydrogens is 342 g/mol. The van der Waals surface area contributed by atoms with Gasteiger partial charge in [-0.2, -0.15) is 0 Å². The summed E-state index contributed by atoms with van der Waals surface area (Å²) in [7, 11) is 0. The molecule has 0 aromatic heterocycles. The summed E-state index contributed by atoms with van der Waals surface area (Å²) < 4.78 is 5.22. The van der Waals surface area contributed by atoms with Gasteiger partial charge in [-0.3, -0.25) is 9.59 Å². The second kappa shape index (κ2) is 7.74. The van der Waals surface area contributed by atoms with Crippen molar-refractivity contribution in [3.05, 3.63) is 64.2 Å². The highest BCUT2D eigenvalue weighted by Crippen LogP contribution is 2.23. The maximum atomic E-state index is 12.5. The van der Waals surface area contributed by atoms with Crippen molar-refractivity contribution in [2.75, 3.05) is 18.1 Å². The van der Waals surface area contributed by atoms with E-state index >= 15 is 0 Å². The molecule has 0 bridgehead atoms. The molecule has 0 radical (unpaired) electrons. The van der Waals surface area contributed by atoms with E-state index < -0.39 is 5.97 Å². The number of rotatable bonds is 5. The van der Waals surface area contributed by atoms with Crippen LogP contribution in [0.3, 0.4) is 0 Å². The van der Waals surface area contributed by atoms with Gasteiger partial charge < -0.3 is 9.64 Å². The smallest absolute Gasteiger partial charge is 0.338 e. The Kier molecular flexibility index (Phi) is 5.40. The van der Waals surface area contributed by atoms with Crippen molar-refractivity contribution in [1.82, 2.24) is 0 Å². The first-order valence-corrected chi connectivity index (χ1v) is 9.05. The van der Waals surface area contributed by atoms with Crippen LogP contribution in [-0.4, -0.2) is 30.8 Å². The van der Waals surface area contributed by atoms with Crippen molar-refractivity contribution >= 4 is 23.3 Å². The third-order valence-electron chi connectivity index (χ3n) is 4.94. The van der Waals surface area contributed by atoms with Crippen LogP contribution in [0.25, 0.3) is 0 Å². The standard InChI is InChI=1S/C22H23NO4/c1-14-10-16(3)19(11-15(14)2)20(24)13-27-22(26)17-6-4-7-18(12-17)23-9-5-8-21(23)25/h4,6-7,10-12H,5,8-9,13H2,1-3H3. The lowest BCUT2D eigenvalue weighted by Crippen LogP contribution is -2.24. The zero-order chi connectivity index (χ0) is 19.6. The van der Waals surface area contributed by atoms with E-state index in [2.05, 4.69) is 0 Å². The number of esters is 1. The number of carbonyl (C=O) groups is 3. The molecule has 2 aromatic carbocycles. The maximum Gasteiger partial charge on any atom is 0.338 e. The molecular formula is C22H23NO4. The fourth-order valence-electron chi connectivity index (χ4n) is 3.28. The van der Waals surface area contributed by atoms with Crippen molar-refractivity contribution in [3.8, 4) is 0 Å². The van der Waals surface area contributed by atoms with Crippen molar-refractivity contribution in [2.45, 2.75) is 33.6 Å². The Morgan fingerprint density at radius 2 is 1.78 bits per heavy atom. The highest BCUT2D eigenvalue weighted by molar-refractivity contribution is 6.01. The van der Waals surface area contributed by atoms with Crippen LogP contribution in [0.4, 0.5) is 5.69 Å². The summed E-state index contributed by atoms with van der Waals surface area (Å²) in [4.78, 5) is 38.4. The van der Waals surface area contributed by atoms with Gasteiger partial charge in [0.15, 0.2) is 6.61 Å². The zero-order valence-corrected chi connectivity index (χ0v) is 15.9. The summed E-state index contributed by atoms with van der Waals surface area (Å²) in [5, 5.41) is 0. The van der Waals surface area contributed by atoms with Crippen molar-refractivity contribution < 1.29 is 19.1 Å². The number of amides is 1. The first-order valence-electron chi connectivity index (χ1n) is 9.05. The minimum atomic E-state index is -0.571. The van der Waals surface area contributed by atoms with Gasteiger partial charge in [-0.25, -0.2) is 4.79 Å². The Morgan fingerprint density at radius 1 is 1.04 bits per heavy atom. The molecule has 0 saturated carbocycles. The number of hydrogen-bond acceptors (Lipinski definition) is 4. The van der Waals surface area contributed by atoms with Crippen LogP contribution in [0.15, 0.2) is 36.4 Å². The average Bonchev–Trinajstić information content (AvgIpc) is 3.08. The summed E-state index contributed by atoms with van der Waals surface area (Å²) in [6.45, 7) is 6.16. The van der Waals surface area contributed by atoms with Crippen LogP contribution >= 0.6 is 0 Å². The highest BCUT2D eigenvalue weighted by Gasteiger charge is 2.22. The third-order valence-corrected chi connectivity index (χ3v) is 4.94. The van der Waals surface area contributed by atoms with E-state index in [9.17, 15) is 14.4 Å². The van der Waals surface area contributed by atoms with Crippen LogP contribution < -0.4 is 4.90 Å². The predicted molar refractivity (Wildman–Crippen MR) is 103 cm³/mol. The molecule has 1 aliphatic heterocycles. The zero-order valence-electron chi connectivity index (χ0n) is 15.9. The minimum absolute atomic E-state index is 0.0564.